The van der Waals surface area contributed by atoms with Crippen molar-refractivity contribution in [1.29, 1.82) is 0 Å². The Balaban J connectivity index is 2.51. The van der Waals surface area contributed by atoms with E-state index in [-0.39, 0.29) is 0 Å². The van der Waals surface area contributed by atoms with Crippen LogP contribution in [-0.4, -0.2) is 12.5 Å². The van der Waals surface area contributed by atoms with Gasteiger partial charge in [0.25, 0.3) is 0 Å². The zero-order chi connectivity index (χ0) is 13.4. The highest BCUT2D eigenvalue weighted by atomic mass is 16.5. The molecule has 1 unspecified atom stereocenters. The van der Waals surface area contributed by atoms with Gasteiger partial charge in [-0.2, -0.15) is 0 Å². The highest BCUT2D eigenvalue weighted by Crippen LogP contribution is 2.17. The van der Waals surface area contributed by atoms with Gasteiger partial charge in [0.1, 0.15) is 5.75 Å². The molecule has 1 aromatic carbocycles. The van der Waals surface area contributed by atoms with Gasteiger partial charge in [0.05, 0.1) is 6.61 Å². The smallest absolute Gasteiger partial charge is 0.248 e. The van der Waals surface area contributed by atoms with E-state index in [1.807, 2.05) is 6.07 Å². The molecule has 1 atom stereocenters. The van der Waals surface area contributed by atoms with E-state index in [2.05, 4.69) is 13.8 Å². The molecule has 0 bridgehead atoms. The number of carbonyl (C=O) groups is 1. The molecule has 100 valence electrons. The summed E-state index contributed by atoms with van der Waals surface area (Å²) in [7, 11) is 0. The number of hydrogen-bond donors (Lipinski definition) is 1. The van der Waals surface area contributed by atoms with Crippen LogP contribution in [0.25, 0.3) is 0 Å². The molecule has 1 amide bonds. The van der Waals surface area contributed by atoms with Crippen LogP contribution in [0.2, 0.25) is 0 Å². The summed E-state index contributed by atoms with van der Waals surface area (Å²) in [6.07, 6.45) is 4.77. The lowest BCUT2D eigenvalue weighted by molar-refractivity contribution is 0.0999. The predicted molar refractivity (Wildman–Crippen MR) is 73.8 cm³/mol. The van der Waals surface area contributed by atoms with Crippen molar-refractivity contribution in [3.8, 4) is 5.75 Å². The second kappa shape index (κ2) is 7.75. The molecule has 0 aliphatic carbocycles. The van der Waals surface area contributed by atoms with Crippen molar-refractivity contribution in [2.45, 2.75) is 39.5 Å². The Bertz CT molecular complexity index is 377. The third kappa shape index (κ3) is 4.78. The molecule has 0 radical (unpaired) electrons. The maximum atomic E-state index is 11.1. The summed E-state index contributed by atoms with van der Waals surface area (Å²) in [6.45, 7) is 5.09. The Hall–Kier alpha value is -1.51. The first-order valence-corrected chi connectivity index (χ1v) is 6.70. The van der Waals surface area contributed by atoms with Gasteiger partial charge in [-0.1, -0.05) is 39.2 Å². The number of amides is 1. The van der Waals surface area contributed by atoms with Crippen molar-refractivity contribution in [2.75, 3.05) is 6.61 Å². The van der Waals surface area contributed by atoms with Crippen LogP contribution in [0, 0.1) is 5.92 Å². The second-order valence-electron chi connectivity index (χ2n) is 4.62. The van der Waals surface area contributed by atoms with Crippen LogP contribution in [-0.2, 0) is 0 Å². The summed E-state index contributed by atoms with van der Waals surface area (Å²) in [6, 6.07) is 7.06. The average molecular weight is 249 g/mol. The monoisotopic (exact) mass is 249 g/mol. The maximum absolute atomic E-state index is 11.1. The van der Waals surface area contributed by atoms with Crippen molar-refractivity contribution in [2.24, 2.45) is 11.7 Å². The number of carbonyl (C=O) groups excluding carboxylic acids is 1. The molecule has 1 rings (SSSR count). The van der Waals surface area contributed by atoms with E-state index < -0.39 is 5.91 Å². The van der Waals surface area contributed by atoms with Gasteiger partial charge in [-0.25, -0.2) is 0 Å². The van der Waals surface area contributed by atoms with Gasteiger partial charge < -0.3 is 10.5 Å². The molecule has 0 aliphatic rings. The minimum Gasteiger partial charge on any atom is -0.493 e. The summed E-state index contributed by atoms with van der Waals surface area (Å²) in [5.41, 5.74) is 5.73. The van der Waals surface area contributed by atoms with Crippen molar-refractivity contribution in [3.63, 3.8) is 0 Å². The lowest BCUT2D eigenvalue weighted by atomic mass is 10.0. The minimum atomic E-state index is -0.418. The van der Waals surface area contributed by atoms with Crippen LogP contribution in [0.3, 0.4) is 0 Å². The van der Waals surface area contributed by atoms with Crippen molar-refractivity contribution in [1.82, 2.24) is 0 Å². The largest absolute Gasteiger partial charge is 0.493 e. The van der Waals surface area contributed by atoms with E-state index in [1.54, 1.807) is 18.2 Å². The highest BCUT2D eigenvalue weighted by Gasteiger charge is 2.08. The van der Waals surface area contributed by atoms with E-state index in [1.165, 1.54) is 19.3 Å². The summed E-state index contributed by atoms with van der Waals surface area (Å²) in [5.74, 6) is 0.891. The van der Waals surface area contributed by atoms with Crippen LogP contribution in [0.1, 0.15) is 49.9 Å². The lowest BCUT2D eigenvalue weighted by Gasteiger charge is -2.15. The summed E-state index contributed by atoms with van der Waals surface area (Å²) < 4.78 is 5.74. The van der Waals surface area contributed by atoms with Crippen LogP contribution in [0.4, 0.5) is 0 Å². The zero-order valence-corrected chi connectivity index (χ0v) is 11.3. The second-order valence-corrected chi connectivity index (χ2v) is 4.62. The molecule has 0 saturated carbocycles. The van der Waals surface area contributed by atoms with Gasteiger partial charge in [-0.15, -0.1) is 0 Å². The normalized spacial score (nSPS) is 12.1. The number of ether oxygens (including phenoxy) is 1. The summed E-state index contributed by atoms with van der Waals surface area (Å²) >= 11 is 0. The predicted octanol–water partition coefficient (Wildman–Crippen LogP) is 3.38. The topological polar surface area (TPSA) is 52.3 Å². The molecular formula is C15H23NO2. The van der Waals surface area contributed by atoms with Gasteiger partial charge >= 0.3 is 0 Å². The Kier molecular flexibility index (Phi) is 6.26. The molecule has 0 heterocycles. The molecule has 1 aromatic rings. The highest BCUT2D eigenvalue weighted by molar-refractivity contribution is 5.93. The fourth-order valence-electron chi connectivity index (χ4n) is 1.85. The fraction of sp³-hybridized carbons (Fsp3) is 0.533. The Morgan fingerprint density at radius 2 is 2.17 bits per heavy atom. The van der Waals surface area contributed by atoms with Gasteiger partial charge in [-0.3, -0.25) is 4.79 Å². The lowest BCUT2D eigenvalue weighted by Crippen LogP contribution is -2.13. The van der Waals surface area contributed by atoms with Crippen LogP contribution in [0.15, 0.2) is 24.3 Å². The zero-order valence-electron chi connectivity index (χ0n) is 11.3. The molecular weight excluding hydrogens is 226 g/mol. The molecule has 3 heteroatoms. The average Bonchev–Trinajstić information content (AvgIpc) is 2.39. The first-order chi connectivity index (χ1) is 8.67. The number of primary amides is 1. The van der Waals surface area contributed by atoms with E-state index in [4.69, 9.17) is 10.5 Å². The van der Waals surface area contributed by atoms with Crippen molar-refractivity contribution < 1.29 is 9.53 Å². The van der Waals surface area contributed by atoms with Crippen LogP contribution in [0.5, 0.6) is 5.75 Å². The summed E-state index contributed by atoms with van der Waals surface area (Å²) in [4.78, 5) is 11.1. The fourth-order valence-corrected chi connectivity index (χ4v) is 1.85. The van der Waals surface area contributed by atoms with Crippen LogP contribution < -0.4 is 10.5 Å². The van der Waals surface area contributed by atoms with Gasteiger partial charge in [-0.05, 0) is 30.5 Å². The molecule has 3 nitrogen and oxygen atoms in total. The number of rotatable bonds is 8. The molecule has 18 heavy (non-hydrogen) atoms. The molecule has 0 fully saturated rings. The first kappa shape index (κ1) is 14.6. The summed E-state index contributed by atoms with van der Waals surface area (Å²) in [5, 5.41) is 0. The minimum absolute atomic E-state index is 0.418. The number of unbranched alkanes of at least 4 members (excludes halogenated alkanes) is 1. The Labute approximate surface area is 109 Å². The van der Waals surface area contributed by atoms with Crippen molar-refractivity contribution >= 4 is 5.91 Å². The maximum Gasteiger partial charge on any atom is 0.248 e. The SMILES string of the molecule is CCCCC(CC)COc1cccc(C(N)=O)c1. The first-order valence-electron chi connectivity index (χ1n) is 6.70. The molecule has 0 aromatic heterocycles. The van der Waals surface area contributed by atoms with E-state index >= 15 is 0 Å². The van der Waals surface area contributed by atoms with Gasteiger partial charge in [0, 0.05) is 5.56 Å². The quantitative estimate of drug-likeness (QED) is 0.767. The molecule has 0 spiro atoms. The van der Waals surface area contributed by atoms with Crippen molar-refractivity contribution in [3.05, 3.63) is 29.8 Å². The number of benzene rings is 1. The molecule has 0 aliphatic heterocycles. The van der Waals surface area contributed by atoms with Gasteiger partial charge in [0.2, 0.25) is 5.91 Å². The van der Waals surface area contributed by atoms with Gasteiger partial charge in [0.15, 0.2) is 0 Å². The molecule has 2 N–H and O–H groups in total. The molecule has 0 saturated heterocycles. The number of hydrogen-bond acceptors (Lipinski definition) is 2. The number of nitrogens with two attached hydrogens (primary N) is 1. The Morgan fingerprint density at radius 3 is 2.78 bits per heavy atom. The third-order valence-corrected chi connectivity index (χ3v) is 3.15. The van der Waals surface area contributed by atoms with E-state index in [0.717, 1.165) is 12.2 Å². The Morgan fingerprint density at radius 1 is 1.39 bits per heavy atom. The van der Waals surface area contributed by atoms with E-state index in [9.17, 15) is 4.79 Å². The third-order valence-electron chi connectivity index (χ3n) is 3.15. The standard InChI is InChI=1S/C15H23NO2/c1-3-5-7-12(4-2)11-18-14-9-6-8-13(10-14)15(16)17/h6,8-10,12H,3-5,7,11H2,1-2H3,(H2,16,17). The van der Waals surface area contributed by atoms with E-state index in [0.29, 0.717) is 18.1 Å². The van der Waals surface area contributed by atoms with Crippen LogP contribution >= 0.6 is 0 Å².